The van der Waals surface area contributed by atoms with Gasteiger partial charge in [-0.25, -0.2) is 4.68 Å². The van der Waals surface area contributed by atoms with Crippen molar-refractivity contribution in [3.05, 3.63) is 47.9 Å². The summed E-state index contributed by atoms with van der Waals surface area (Å²) >= 11 is 0. The van der Waals surface area contributed by atoms with Crippen molar-refractivity contribution in [2.75, 3.05) is 20.1 Å². The van der Waals surface area contributed by atoms with E-state index in [0.29, 0.717) is 17.9 Å². The second-order valence-corrected chi connectivity index (χ2v) is 5.50. The number of aromatic nitrogens is 4. The molecule has 2 aromatic heterocycles. The molecule has 2 N–H and O–H groups in total. The predicted molar refractivity (Wildman–Crippen MR) is 92.3 cm³/mol. The van der Waals surface area contributed by atoms with E-state index in [1.807, 2.05) is 44.3 Å². The normalized spacial score (nSPS) is 10.9. The van der Waals surface area contributed by atoms with Gasteiger partial charge < -0.3 is 10.6 Å². The smallest absolute Gasteiger partial charge is 0.273 e. The standard InChI is InChI=1S/C17H20N6O/c1-12-15(17(24)20-11-5-9-18-2)21-22-23(12)14-8-3-6-13-7-4-10-19-16(13)14/h3-4,6-8,10,18H,5,9,11H2,1-2H3,(H,20,24). The molecule has 1 amide bonds. The van der Waals surface area contributed by atoms with Crippen LogP contribution >= 0.6 is 0 Å². The Kier molecular flexibility index (Phi) is 4.81. The first-order chi connectivity index (χ1) is 11.7. The number of para-hydroxylation sites is 1. The first kappa shape index (κ1) is 16.1. The lowest BCUT2D eigenvalue weighted by molar-refractivity contribution is 0.0947. The Labute approximate surface area is 140 Å². The van der Waals surface area contributed by atoms with Crippen molar-refractivity contribution >= 4 is 16.8 Å². The topological polar surface area (TPSA) is 84.7 Å². The monoisotopic (exact) mass is 324 g/mol. The third-order valence-electron chi connectivity index (χ3n) is 3.84. The molecule has 0 spiro atoms. The molecule has 0 saturated heterocycles. The maximum atomic E-state index is 12.3. The third-order valence-corrected chi connectivity index (χ3v) is 3.84. The van der Waals surface area contributed by atoms with Crippen molar-refractivity contribution in [1.82, 2.24) is 30.6 Å². The predicted octanol–water partition coefficient (Wildman–Crippen LogP) is 1.46. The van der Waals surface area contributed by atoms with E-state index in [9.17, 15) is 4.79 Å². The molecule has 7 nitrogen and oxygen atoms in total. The Bertz CT molecular complexity index is 852. The van der Waals surface area contributed by atoms with Crippen LogP contribution in [0.5, 0.6) is 0 Å². The van der Waals surface area contributed by atoms with E-state index in [-0.39, 0.29) is 5.91 Å². The van der Waals surface area contributed by atoms with Crippen molar-refractivity contribution in [1.29, 1.82) is 0 Å². The van der Waals surface area contributed by atoms with Crippen LogP contribution in [0.3, 0.4) is 0 Å². The van der Waals surface area contributed by atoms with Crippen LogP contribution in [0.25, 0.3) is 16.6 Å². The highest BCUT2D eigenvalue weighted by molar-refractivity contribution is 5.93. The first-order valence-electron chi connectivity index (χ1n) is 7.91. The molecule has 2 heterocycles. The molecular weight excluding hydrogens is 304 g/mol. The summed E-state index contributed by atoms with van der Waals surface area (Å²) < 4.78 is 1.66. The van der Waals surface area contributed by atoms with Gasteiger partial charge in [-0.15, -0.1) is 5.10 Å². The number of nitrogens with zero attached hydrogens (tertiary/aromatic N) is 4. The van der Waals surface area contributed by atoms with Crippen molar-refractivity contribution in [2.45, 2.75) is 13.3 Å². The van der Waals surface area contributed by atoms with E-state index < -0.39 is 0 Å². The fraction of sp³-hybridized carbons (Fsp3) is 0.294. The van der Waals surface area contributed by atoms with Gasteiger partial charge in [-0.05, 0) is 39.1 Å². The Morgan fingerprint density at radius 3 is 2.88 bits per heavy atom. The number of pyridine rings is 1. The summed E-state index contributed by atoms with van der Waals surface area (Å²) in [5.74, 6) is -0.206. The molecular formula is C17H20N6O. The van der Waals surface area contributed by atoms with Gasteiger partial charge in [0.15, 0.2) is 5.69 Å². The van der Waals surface area contributed by atoms with Gasteiger partial charge in [0.25, 0.3) is 5.91 Å². The minimum absolute atomic E-state index is 0.206. The number of nitrogens with one attached hydrogen (secondary N) is 2. The Morgan fingerprint density at radius 1 is 1.21 bits per heavy atom. The summed E-state index contributed by atoms with van der Waals surface area (Å²) in [6.45, 7) is 3.29. The van der Waals surface area contributed by atoms with Crippen LogP contribution in [0.15, 0.2) is 36.5 Å². The van der Waals surface area contributed by atoms with E-state index in [1.54, 1.807) is 10.9 Å². The second kappa shape index (κ2) is 7.18. The number of carbonyl (C=O) groups excluding carboxylic acids is 1. The zero-order valence-corrected chi connectivity index (χ0v) is 13.8. The number of benzene rings is 1. The Balaban J connectivity index is 1.88. The summed E-state index contributed by atoms with van der Waals surface area (Å²) in [5.41, 5.74) is 2.67. The first-order valence-corrected chi connectivity index (χ1v) is 7.91. The van der Waals surface area contributed by atoms with Gasteiger partial charge in [0.05, 0.1) is 16.9 Å². The van der Waals surface area contributed by atoms with E-state index in [0.717, 1.165) is 29.6 Å². The molecule has 124 valence electrons. The van der Waals surface area contributed by atoms with Crippen molar-refractivity contribution < 1.29 is 4.79 Å². The molecule has 1 aromatic carbocycles. The summed E-state index contributed by atoms with van der Waals surface area (Å²) in [6, 6.07) is 9.74. The van der Waals surface area contributed by atoms with Gasteiger partial charge in [-0.1, -0.05) is 23.4 Å². The quantitative estimate of drug-likeness (QED) is 0.671. The van der Waals surface area contributed by atoms with Gasteiger partial charge in [0, 0.05) is 18.1 Å². The van der Waals surface area contributed by atoms with Gasteiger partial charge in [0.2, 0.25) is 0 Å². The molecule has 0 aliphatic rings. The molecule has 0 aliphatic heterocycles. The molecule has 0 bridgehead atoms. The Morgan fingerprint density at radius 2 is 2.04 bits per heavy atom. The molecule has 0 atom stereocenters. The summed E-state index contributed by atoms with van der Waals surface area (Å²) in [5, 5.41) is 15.1. The number of hydrogen-bond donors (Lipinski definition) is 2. The fourth-order valence-corrected chi connectivity index (χ4v) is 2.58. The molecule has 7 heteroatoms. The molecule has 0 unspecified atom stereocenters. The van der Waals surface area contributed by atoms with Gasteiger partial charge in [-0.2, -0.15) is 0 Å². The molecule has 0 fully saturated rings. The van der Waals surface area contributed by atoms with Crippen LogP contribution in [-0.2, 0) is 0 Å². The van der Waals surface area contributed by atoms with Crippen LogP contribution in [0.4, 0.5) is 0 Å². The summed E-state index contributed by atoms with van der Waals surface area (Å²) in [6.07, 6.45) is 2.61. The van der Waals surface area contributed by atoms with Gasteiger partial charge in [-0.3, -0.25) is 9.78 Å². The lowest BCUT2D eigenvalue weighted by Crippen LogP contribution is -2.27. The van der Waals surface area contributed by atoms with Crippen LogP contribution < -0.4 is 10.6 Å². The maximum Gasteiger partial charge on any atom is 0.273 e. The lowest BCUT2D eigenvalue weighted by atomic mass is 10.2. The van der Waals surface area contributed by atoms with Crippen LogP contribution in [-0.4, -0.2) is 46.0 Å². The van der Waals surface area contributed by atoms with E-state index >= 15 is 0 Å². The average Bonchev–Trinajstić information content (AvgIpc) is 2.99. The minimum Gasteiger partial charge on any atom is -0.351 e. The Hall–Kier alpha value is -2.80. The highest BCUT2D eigenvalue weighted by Crippen LogP contribution is 2.21. The molecule has 3 rings (SSSR count). The average molecular weight is 324 g/mol. The molecule has 0 saturated carbocycles. The largest absolute Gasteiger partial charge is 0.351 e. The van der Waals surface area contributed by atoms with Gasteiger partial charge >= 0.3 is 0 Å². The zero-order valence-electron chi connectivity index (χ0n) is 13.8. The number of amides is 1. The third kappa shape index (κ3) is 3.11. The van der Waals surface area contributed by atoms with Crippen molar-refractivity contribution in [2.24, 2.45) is 0 Å². The van der Waals surface area contributed by atoms with Crippen molar-refractivity contribution in [3.8, 4) is 5.69 Å². The zero-order chi connectivity index (χ0) is 16.9. The number of fused-ring (bicyclic) bond motifs is 1. The highest BCUT2D eigenvalue weighted by Gasteiger charge is 2.18. The van der Waals surface area contributed by atoms with Crippen molar-refractivity contribution in [3.63, 3.8) is 0 Å². The second-order valence-electron chi connectivity index (χ2n) is 5.50. The number of hydrogen-bond acceptors (Lipinski definition) is 5. The number of rotatable bonds is 6. The van der Waals surface area contributed by atoms with Crippen LogP contribution in [0, 0.1) is 6.92 Å². The van der Waals surface area contributed by atoms with E-state index in [1.165, 1.54) is 0 Å². The van der Waals surface area contributed by atoms with Crippen LogP contribution in [0.2, 0.25) is 0 Å². The SMILES string of the molecule is CNCCCNC(=O)c1nnn(-c2cccc3cccnc23)c1C. The highest BCUT2D eigenvalue weighted by atomic mass is 16.2. The fourth-order valence-electron chi connectivity index (χ4n) is 2.58. The molecule has 24 heavy (non-hydrogen) atoms. The maximum absolute atomic E-state index is 12.3. The van der Waals surface area contributed by atoms with Crippen LogP contribution in [0.1, 0.15) is 22.6 Å². The molecule has 0 radical (unpaired) electrons. The van der Waals surface area contributed by atoms with Gasteiger partial charge in [0.1, 0.15) is 0 Å². The van der Waals surface area contributed by atoms with E-state index in [4.69, 9.17) is 0 Å². The summed E-state index contributed by atoms with van der Waals surface area (Å²) in [7, 11) is 1.88. The lowest BCUT2D eigenvalue weighted by Gasteiger charge is -2.07. The molecule has 3 aromatic rings. The summed E-state index contributed by atoms with van der Waals surface area (Å²) in [4.78, 5) is 16.7. The van der Waals surface area contributed by atoms with E-state index in [2.05, 4.69) is 25.9 Å². The molecule has 0 aliphatic carbocycles. The number of carbonyl (C=O) groups is 1. The minimum atomic E-state index is -0.206.